The number of likely N-dealkylation sites (tertiary alicyclic amines) is 1. The lowest BCUT2D eigenvalue weighted by molar-refractivity contribution is 0.0293. The molecule has 2 aromatic heterocycles. The van der Waals surface area contributed by atoms with Gasteiger partial charge in [0.15, 0.2) is 0 Å². The third-order valence-electron chi connectivity index (χ3n) is 4.84. The molecule has 1 aliphatic rings. The molecule has 168 valence electrons. The maximum absolute atomic E-state index is 12.3. The van der Waals surface area contributed by atoms with Crippen molar-refractivity contribution in [3.63, 3.8) is 0 Å². The van der Waals surface area contributed by atoms with Crippen LogP contribution < -0.4 is 10.6 Å². The smallest absolute Gasteiger partial charge is 0.410 e. The molecule has 0 saturated carbocycles. The maximum atomic E-state index is 12.3. The van der Waals surface area contributed by atoms with Gasteiger partial charge in [-0.15, -0.1) is 0 Å². The highest BCUT2D eigenvalue weighted by atomic mass is 16.6. The van der Waals surface area contributed by atoms with E-state index in [1.165, 1.54) is 0 Å². The molecule has 32 heavy (non-hydrogen) atoms. The lowest BCUT2D eigenvalue weighted by Crippen LogP contribution is -2.36. The van der Waals surface area contributed by atoms with Gasteiger partial charge in [0, 0.05) is 31.0 Å². The second-order valence-electron chi connectivity index (χ2n) is 8.73. The minimum atomic E-state index is -0.498. The number of carbonyl (C=O) groups is 1. The van der Waals surface area contributed by atoms with E-state index in [0.29, 0.717) is 24.9 Å². The number of rotatable bonds is 5. The van der Waals surface area contributed by atoms with Gasteiger partial charge in [-0.1, -0.05) is 0 Å². The average molecular weight is 437 g/mol. The fourth-order valence-electron chi connectivity index (χ4n) is 3.38. The molecule has 10 heteroatoms. The molecule has 1 aliphatic heterocycles. The van der Waals surface area contributed by atoms with Crippen molar-refractivity contribution in [3.05, 3.63) is 48.7 Å². The Morgan fingerprint density at radius 1 is 1.16 bits per heavy atom. The third-order valence-corrected chi connectivity index (χ3v) is 4.84. The molecule has 1 amide bonds. The van der Waals surface area contributed by atoms with Gasteiger partial charge >= 0.3 is 6.09 Å². The van der Waals surface area contributed by atoms with Crippen molar-refractivity contribution in [2.24, 2.45) is 0 Å². The summed E-state index contributed by atoms with van der Waals surface area (Å²) in [7, 11) is 0. The standard InChI is InChI=1S/C22H28N8O2/c1-15-24-14-30(28-15)18-7-5-16(6-8-18)26-20-23-11-9-19(27-20)25-17-10-12-29(13-17)21(31)32-22(2,3)4/h5-9,11,14,17H,10,12-13H2,1-4H3,(H2,23,25,26,27). The number of nitrogens with zero attached hydrogens (tertiary/aromatic N) is 6. The number of aromatic nitrogens is 5. The fourth-order valence-corrected chi connectivity index (χ4v) is 3.38. The fraction of sp³-hybridized carbons (Fsp3) is 0.409. The summed E-state index contributed by atoms with van der Waals surface area (Å²) in [5.74, 6) is 1.91. The Hall–Kier alpha value is -3.69. The van der Waals surface area contributed by atoms with Crippen LogP contribution in [-0.4, -0.2) is 60.5 Å². The van der Waals surface area contributed by atoms with E-state index in [2.05, 4.69) is 30.7 Å². The number of anilines is 3. The summed E-state index contributed by atoms with van der Waals surface area (Å²) in [6.45, 7) is 8.69. The van der Waals surface area contributed by atoms with Crippen LogP contribution in [0.5, 0.6) is 0 Å². The molecule has 10 nitrogen and oxygen atoms in total. The van der Waals surface area contributed by atoms with E-state index in [1.807, 2.05) is 58.0 Å². The van der Waals surface area contributed by atoms with Crippen molar-refractivity contribution in [2.75, 3.05) is 23.7 Å². The molecular weight excluding hydrogens is 408 g/mol. The second-order valence-corrected chi connectivity index (χ2v) is 8.73. The first-order chi connectivity index (χ1) is 15.2. The van der Waals surface area contributed by atoms with Crippen molar-refractivity contribution < 1.29 is 9.53 Å². The number of carbonyl (C=O) groups excluding carboxylic acids is 1. The highest BCUT2D eigenvalue weighted by Crippen LogP contribution is 2.20. The highest BCUT2D eigenvalue weighted by molar-refractivity contribution is 5.68. The lowest BCUT2D eigenvalue weighted by atomic mass is 10.2. The molecule has 4 rings (SSSR count). The van der Waals surface area contributed by atoms with Gasteiger partial charge in [-0.3, -0.25) is 0 Å². The van der Waals surface area contributed by atoms with E-state index in [9.17, 15) is 4.79 Å². The van der Waals surface area contributed by atoms with Crippen LogP contribution in [0.15, 0.2) is 42.9 Å². The van der Waals surface area contributed by atoms with Gasteiger partial charge in [0.05, 0.1) is 5.69 Å². The van der Waals surface area contributed by atoms with Crippen LogP contribution >= 0.6 is 0 Å². The molecule has 1 atom stereocenters. The summed E-state index contributed by atoms with van der Waals surface area (Å²) in [5, 5.41) is 10.9. The number of aryl methyl sites for hydroxylation is 1. The number of hydrogen-bond acceptors (Lipinski definition) is 8. The molecule has 1 saturated heterocycles. The average Bonchev–Trinajstić information content (AvgIpc) is 3.37. The first-order valence-corrected chi connectivity index (χ1v) is 10.6. The van der Waals surface area contributed by atoms with Crippen LogP contribution in [0.4, 0.5) is 22.2 Å². The second kappa shape index (κ2) is 8.81. The van der Waals surface area contributed by atoms with E-state index >= 15 is 0 Å². The minimum absolute atomic E-state index is 0.107. The minimum Gasteiger partial charge on any atom is -0.444 e. The molecule has 1 unspecified atom stereocenters. The van der Waals surface area contributed by atoms with E-state index in [4.69, 9.17) is 4.74 Å². The molecule has 0 radical (unpaired) electrons. The summed E-state index contributed by atoms with van der Waals surface area (Å²) in [6, 6.07) is 9.69. The van der Waals surface area contributed by atoms with Gasteiger partial charge in [0.25, 0.3) is 0 Å². The number of ether oxygens (including phenoxy) is 1. The van der Waals surface area contributed by atoms with E-state index in [1.54, 1.807) is 22.1 Å². The Morgan fingerprint density at radius 2 is 1.94 bits per heavy atom. The molecule has 3 aromatic rings. The molecule has 0 bridgehead atoms. The van der Waals surface area contributed by atoms with Gasteiger partial charge in [-0.2, -0.15) is 10.1 Å². The molecule has 0 aliphatic carbocycles. The molecule has 1 aromatic carbocycles. The number of hydrogen-bond donors (Lipinski definition) is 2. The van der Waals surface area contributed by atoms with Crippen LogP contribution in [0.1, 0.15) is 33.0 Å². The SMILES string of the molecule is Cc1ncn(-c2ccc(Nc3nccc(NC4CCN(C(=O)OC(C)(C)C)C4)n3)cc2)n1. The highest BCUT2D eigenvalue weighted by Gasteiger charge is 2.29. The summed E-state index contributed by atoms with van der Waals surface area (Å²) in [5.41, 5.74) is 1.28. The monoisotopic (exact) mass is 436 g/mol. The summed E-state index contributed by atoms with van der Waals surface area (Å²) >= 11 is 0. The van der Waals surface area contributed by atoms with E-state index in [-0.39, 0.29) is 12.1 Å². The zero-order chi connectivity index (χ0) is 22.7. The number of nitrogens with one attached hydrogen (secondary N) is 2. The normalized spacial score (nSPS) is 16.1. The predicted octanol–water partition coefficient (Wildman–Crippen LogP) is 3.53. The third kappa shape index (κ3) is 5.51. The van der Waals surface area contributed by atoms with Gasteiger partial charge in [0.1, 0.15) is 23.6 Å². The van der Waals surface area contributed by atoms with Crippen molar-refractivity contribution in [1.82, 2.24) is 29.6 Å². The van der Waals surface area contributed by atoms with Crippen LogP contribution in [0.3, 0.4) is 0 Å². The Morgan fingerprint density at radius 3 is 2.62 bits per heavy atom. The van der Waals surface area contributed by atoms with Crippen molar-refractivity contribution in [2.45, 2.75) is 45.8 Å². The zero-order valence-corrected chi connectivity index (χ0v) is 18.7. The van der Waals surface area contributed by atoms with Crippen molar-refractivity contribution in [1.29, 1.82) is 0 Å². The van der Waals surface area contributed by atoms with E-state index in [0.717, 1.165) is 23.6 Å². The van der Waals surface area contributed by atoms with Gasteiger partial charge in [-0.25, -0.2) is 19.4 Å². The van der Waals surface area contributed by atoms with Gasteiger partial charge in [-0.05, 0) is 64.4 Å². The quantitative estimate of drug-likeness (QED) is 0.625. The van der Waals surface area contributed by atoms with Crippen LogP contribution in [-0.2, 0) is 4.74 Å². The largest absolute Gasteiger partial charge is 0.444 e. The molecule has 3 heterocycles. The van der Waals surface area contributed by atoms with Crippen LogP contribution in [0.2, 0.25) is 0 Å². The topological polar surface area (TPSA) is 110 Å². The van der Waals surface area contributed by atoms with Crippen molar-refractivity contribution in [3.8, 4) is 5.69 Å². The van der Waals surface area contributed by atoms with Gasteiger partial charge < -0.3 is 20.3 Å². The van der Waals surface area contributed by atoms with Gasteiger partial charge in [0.2, 0.25) is 5.95 Å². The summed E-state index contributed by atoms with van der Waals surface area (Å²) in [4.78, 5) is 27.0. The Bertz CT molecular complexity index is 1070. The molecule has 2 N–H and O–H groups in total. The molecule has 1 fully saturated rings. The van der Waals surface area contributed by atoms with Crippen molar-refractivity contribution >= 4 is 23.5 Å². The van der Waals surface area contributed by atoms with Crippen LogP contribution in [0, 0.1) is 6.92 Å². The number of amides is 1. The maximum Gasteiger partial charge on any atom is 0.410 e. The summed E-state index contributed by atoms with van der Waals surface area (Å²) in [6.07, 6.45) is 3.93. The molecular formula is C22H28N8O2. The predicted molar refractivity (Wildman–Crippen MR) is 121 cm³/mol. The number of benzene rings is 1. The molecule has 0 spiro atoms. The first-order valence-electron chi connectivity index (χ1n) is 10.6. The first kappa shape index (κ1) is 21.5. The summed E-state index contributed by atoms with van der Waals surface area (Å²) < 4.78 is 7.18. The Kier molecular flexibility index (Phi) is 5.93. The zero-order valence-electron chi connectivity index (χ0n) is 18.7. The Balaban J connectivity index is 1.34. The lowest BCUT2D eigenvalue weighted by Gasteiger charge is -2.24. The Labute approximate surface area is 187 Å². The van der Waals surface area contributed by atoms with E-state index < -0.39 is 5.60 Å². The van der Waals surface area contributed by atoms with Crippen LogP contribution in [0.25, 0.3) is 5.69 Å².